The van der Waals surface area contributed by atoms with Gasteiger partial charge in [0, 0.05) is 6.21 Å². The summed E-state index contributed by atoms with van der Waals surface area (Å²) in [4.78, 5) is 10.3. The second kappa shape index (κ2) is 49.2. The molecule has 0 aliphatic rings. The highest BCUT2D eigenvalue weighted by molar-refractivity contribution is 6.31. The van der Waals surface area contributed by atoms with Crippen molar-refractivity contribution in [1.82, 2.24) is 0 Å². The molecule has 0 N–H and O–H groups in total. The lowest BCUT2D eigenvalue weighted by Crippen LogP contribution is -2.00. The van der Waals surface area contributed by atoms with Gasteiger partial charge < -0.3 is 0 Å². The standard InChI is InChI=1S/C66H112N2/c1-4-7-10-12-14-16-18-20-22-24-26-28-30-32-34-36-38-40-42-44-46-48-54-62-56-50-52-59-65(62)67-61-64(58-9-6-3)68-66-60-53-51-57-63(66)55-49-47-45-43-41-39-37-35-33-31-29-27-25-23-21-19-17-15-13-11-8-5-2/h42-45,50-53,56-57,59-61H,4-41,46-49,54-55,58H2,1-3H3. The Bertz CT molecular complexity index is 1480. The Morgan fingerprint density at radius 3 is 0.985 bits per heavy atom. The first kappa shape index (κ1) is 61.4. The maximum atomic E-state index is 5.25. The molecule has 0 fully saturated rings. The molecule has 2 rings (SSSR count). The van der Waals surface area contributed by atoms with E-state index in [2.05, 4.69) is 99.8 Å². The third-order valence-corrected chi connectivity index (χ3v) is 14.3. The van der Waals surface area contributed by atoms with Crippen LogP contribution in [-0.2, 0) is 12.8 Å². The first-order valence-corrected chi connectivity index (χ1v) is 30.4. The largest absolute Gasteiger partial charge is 0.255 e. The summed E-state index contributed by atoms with van der Waals surface area (Å²) in [6, 6.07) is 17.5. The summed E-state index contributed by atoms with van der Waals surface area (Å²) in [5.41, 5.74) is 6.01. The summed E-state index contributed by atoms with van der Waals surface area (Å²) < 4.78 is 0. The molecule has 0 spiro atoms. The number of unbranched alkanes of at least 4 members (excludes halogenated alkanes) is 37. The smallest absolute Gasteiger partial charge is 0.0665 e. The number of allylic oxidation sites excluding steroid dienone is 4. The molecule has 0 aliphatic heterocycles. The quantitative estimate of drug-likeness (QED) is 0.0359. The Morgan fingerprint density at radius 2 is 0.618 bits per heavy atom. The predicted molar refractivity (Wildman–Crippen MR) is 309 cm³/mol. The average Bonchev–Trinajstić information content (AvgIpc) is 3.36. The molecule has 0 saturated heterocycles. The first-order valence-electron chi connectivity index (χ1n) is 30.4. The van der Waals surface area contributed by atoms with Crippen molar-refractivity contribution in [1.29, 1.82) is 0 Å². The molecule has 2 aromatic rings. The number of hydrogen-bond acceptors (Lipinski definition) is 2. The number of para-hydroxylation sites is 2. The van der Waals surface area contributed by atoms with Crippen LogP contribution >= 0.6 is 0 Å². The zero-order valence-electron chi connectivity index (χ0n) is 45.7. The Balaban J connectivity index is 1.58. The Kier molecular flexibility index (Phi) is 44.5. The zero-order chi connectivity index (χ0) is 48.3. The maximum Gasteiger partial charge on any atom is 0.0665 e. The molecule has 0 bridgehead atoms. The lowest BCUT2D eigenvalue weighted by atomic mass is 10.0. The summed E-state index contributed by atoms with van der Waals surface area (Å²) in [7, 11) is 0. The fourth-order valence-electron chi connectivity index (χ4n) is 9.75. The fraction of sp³-hybridized carbons (Fsp3) is 0.727. The third-order valence-electron chi connectivity index (χ3n) is 14.3. The van der Waals surface area contributed by atoms with Crippen LogP contribution in [0.25, 0.3) is 0 Å². The van der Waals surface area contributed by atoms with Crippen LogP contribution in [0.3, 0.4) is 0 Å². The van der Waals surface area contributed by atoms with Crippen LogP contribution < -0.4 is 0 Å². The van der Waals surface area contributed by atoms with Crippen molar-refractivity contribution >= 4 is 23.3 Å². The number of nitrogens with zero attached hydrogens (tertiary/aromatic N) is 2. The van der Waals surface area contributed by atoms with Gasteiger partial charge in [0.1, 0.15) is 0 Å². The summed E-state index contributed by atoms with van der Waals surface area (Å²) in [5.74, 6) is 0. The van der Waals surface area contributed by atoms with Gasteiger partial charge in [-0.3, -0.25) is 9.98 Å². The minimum Gasteiger partial charge on any atom is -0.255 e. The lowest BCUT2D eigenvalue weighted by molar-refractivity contribution is 0.527. The molecule has 2 nitrogen and oxygen atoms in total. The second-order valence-corrected chi connectivity index (χ2v) is 20.8. The van der Waals surface area contributed by atoms with Crippen molar-refractivity contribution in [2.24, 2.45) is 9.98 Å². The normalized spacial score (nSPS) is 12.2. The Hall–Kier alpha value is -2.74. The van der Waals surface area contributed by atoms with Crippen LogP contribution in [0, 0.1) is 0 Å². The van der Waals surface area contributed by atoms with Crippen molar-refractivity contribution in [2.45, 2.75) is 310 Å². The monoisotopic (exact) mass is 933 g/mol. The number of aliphatic imine (C=N–C) groups is 2. The number of aryl methyl sites for hydroxylation is 2. The fourth-order valence-corrected chi connectivity index (χ4v) is 9.75. The van der Waals surface area contributed by atoms with Crippen molar-refractivity contribution in [3.63, 3.8) is 0 Å². The van der Waals surface area contributed by atoms with E-state index in [0.29, 0.717) is 0 Å². The van der Waals surface area contributed by atoms with E-state index in [1.54, 1.807) is 0 Å². The van der Waals surface area contributed by atoms with Gasteiger partial charge in [-0.15, -0.1) is 0 Å². The van der Waals surface area contributed by atoms with E-state index in [9.17, 15) is 0 Å². The van der Waals surface area contributed by atoms with Crippen molar-refractivity contribution in [3.8, 4) is 0 Å². The minimum atomic E-state index is 0.961. The minimum absolute atomic E-state index is 0.961. The molecular weight excluding hydrogens is 821 g/mol. The van der Waals surface area contributed by atoms with E-state index in [0.717, 1.165) is 62.0 Å². The van der Waals surface area contributed by atoms with Gasteiger partial charge in [0.2, 0.25) is 0 Å². The van der Waals surface area contributed by atoms with Crippen molar-refractivity contribution < 1.29 is 0 Å². The summed E-state index contributed by atoms with van der Waals surface area (Å²) >= 11 is 0. The molecule has 0 atom stereocenters. The lowest BCUT2D eigenvalue weighted by Gasteiger charge is -2.08. The van der Waals surface area contributed by atoms with Gasteiger partial charge in [0.25, 0.3) is 0 Å². The van der Waals surface area contributed by atoms with Gasteiger partial charge in [-0.25, -0.2) is 0 Å². The number of hydrogen-bond donors (Lipinski definition) is 0. The molecule has 386 valence electrons. The van der Waals surface area contributed by atoms with Crippen molar-refractivity contribution in [3.05, 3.63) is 84.0 Å². The molecule has 2 aromatic carbocycles. The molecular formula is C66H112N2. The van der Waals surface area contributed by atoms with Gasteiger partial charge >= 0.3 is 0 Å². The molecule has 0 aromatic heterocycles. The first-order chi connectivity index (χ1) is 33.8. The molecule has 0 radical (unpaired) electrons. The third kappa shape index (κ3) is 38.1. The van der Waals surface area contributed by atoms with Gasteiger partial charge in [-0.2, -0.15) is 0 Å². The second-order valence-electron chi connectivity index (χ2n) is 20.8. The van der Waals surface area contributed by atoms with Crippen LogP contribution in [0.15, 0.2) is 82.8 Å². The van der Waals surface area contributed by atoms with Gasteiger partial charge in [-0.05, 0) is 100 Å². The van der Waals surface area contributed by atoms with E-state index in [-0.39, 0.29) is 0 Å². The Morgan fingerprint density at radius 1 is 0.324 bits per heavy atom. The van der Waals surface area contributed by atoms with Gasteiger partial charge in [0.15, 0.2) is 0 Å². The summed E-state index contributed by atoms with van der Waals surface area (Å²) in [5, 5.41) is 0. The topological polar surface area (TPSA) is 24.7 Å². The highest BCUT2D eigenvalue weighted by Crippen LogP contribution is 2.24. The SMILES string of the molecule is CCCCCCCCCCCCCCCCCCCC=CCCCc1ccccc1N=CC(CCCC)=Nc1ccccc1CCCC=CCCCCCCCCCCCCCCCCCCC. The highest BCUT2D eigenvalue weighted by atomic mass is 14.8. The molecule has 0 saturated carbocycles. The van der Waals surface area contributed by atoms with Crippen LogP contribution in [0.4, 0.5) is 11.4 Å². The van der Waals surface area contributed by atoms with Crippen LogP contribution in [0.5, 0.6) is 0 Å². The molecule has 2 heteroatoms. The Labute approximate surface area is 425 Å². The summed E-state index contributed by atoms with van der Waals surface area (Å²) in [6.07, 6.45) is 73.1. The van der Waals surface area contributed by atoms with E-state index < -0.39 is 0 Å². The van der Waals surface area contributed by atoms with E-state index in [1.165, 1.54) is 255 Å². The number of benzene rings is 2. The van der Waals surface area contributed by atoms with E-state index in [4.69, 9.17) is 9.98 Å². The van der Waals surface area contributed by atoms with Crippen LogP contribution in [0.1, 0.15) is 308 Å². The maximum absolute atomic E-state index is 5.25. The van der Waals surface area contributed by atoms with Crippen molar-refractivity contribution in [2.75, 3.05) is 0 Å². The van der Waals surface area contributed by atoms with E-state index >= 15 is 0 Å². The zero-order valence-corrected chi connectivity index (χ0v) is 45.7. The molecule has 0 unspecified atom stereocenters. The van der Waals surface area contributed by atoms with Gasteiger partial charge in [-0.1, -0.05) is 293 Å². The highest BCUT2D eigenvalue weighted by Gasteiger charge is 2.05. The predicted octanol–water partition coefficient (Wildman–Crippen LogP) is 23.2. The molecule has 68 heavy (non-hydrogen) atoms. The molecule has 0 amide bonds. The van der Waals surface area contributed by atoms with Gasteiger partial charge in [0.05, 0.1) is 17.1 Å². The van der Waals surface area contributed by atoms with E-state index in [1.807, 2.05) is 0 Å². The molecule has 0 aliphatic carbocycles. The average molecular weight is 934 g/mol. The summed E-state index contributed by atoms with van der Waals surface area (Å²) in [6.45, 7) is 6.88. The number of rotatable bonds is 50. The van der Waals surface area contributed by atoms with Crippen LogP contribution in [-0.4, -0.2) is 11.9 Å². The molecule has 0 heterocycles. The van der Waals surface area contributed by atoms with Crippen LogP contribution in [0.2, 0.25) is 0 Å².